The van der Waals surface area contributed by atoms with E-state index in [1.54, 1.807) is 12.3 Å². The van der Waals surface area contributed by atoms with Crippen molar-refractivity contribution in [2.45, 2.75) is 18.2 Å². The number of amides is 1. The summed E-state index contributed by atoms with van der Waals surface area (Å²) in [5.41, 5.74) is 3.25. The number of aromatic amines is 1. The van der Waals surface area contributed by atoms with E-state index in [9.17, 15) is 14.4 Å². The number of carbonyl (C=O) groups is 3. The SMILES string of the molecule is CCc1cccc2c(C(=O)COC(=O)CN3C(=O)CSc4ccccc43)c[nH]c12. The average molecular weight is 408 g/mol. The van der Waals surface area contributed by atoms with Crippen molar-refractivity contribution in [3.8, 4) is 0 Å². The normalized spacial score (nSPS) is 13.4. The molecule has 0 saturated carbocycles. The Balaban J connectivity index is 1.43. The van der Waals surface area contributed by atoms with E-state index in [1.165, 1.54) is 16.7 Å². The van der Waals surface area contributed by atoms with E-state index in [1.807, 2.05) is 36.4 Å². The first-order valence-electron chi connectivity index (χ1n) is 9.38. The van der Waals surface area contributed by atoms with E-state index < -0.39 is 5.97 Å². The molecule has 1 N–H and O–H groups in total. The Morgan fingerprint density at radius 3 is 2.83 bits per heavy atom. The van der Waals surface area contributed by atoms with Gasteiger partial charge in [-0.1, -0.05) is 37.3 Å². The van der Waals surface area contributed by atoms with Crippen LogP contribution >= 0.6 is 11.8 Å². The van der Waals surface area contributed by atoms with Crippen LogP contribution in [0, 0.1) is 0 Å². The molecule has 0 fully saturated rings. The van der Waals surface area contributed by atoms with E-state index in [4.69, 9.17) is 4.74 Å². The number of nitrogens with one attached hydrogen (secondary N) is 1. The van der Waals surface area contributed by atoms with Gasteiger partial charge in [-0.15, -0.1) is 11.8 Å². The van der Waals surface area contributed by atoms with Gasteiger partial charge >= 0.3 is 5.97 Å². The summed E-state index contributed by atoms with van der Waals surface area (Å²) in [5.74, 6) is -0.764. The number of ketones is 1. The van der Waals surface area contributed by atoms with Crippen LogP contribution in [0.25, 0.3) is 10.9 Å². The predicted octanol–water partition coefficient (Wildman–Crippen LogP) is 3.60. The van der Waals surface area contributed by atoms with Crippen LogP contribution < -0.4 is 4.90 Å². The first-order chi connectivity index (χ1) is 14.1. The maximum Gasteiger partial charge on any atom is 0.326 e. The maximum atomic E-state index is 12.6. The lowest BCUT2D eigenvalue weighted by molar-refractivity contribution is -0.141. The quantitative estimate of drug-likeness (QED) is 0.498. The number of H-pyrrole nitrogens is 1. The number of aromatic nitrogens is 1. The van der Waals surface area contributed by atoms with Gasteiger partial charge in [0.2, 0.25) is 11.7 Å². The molecule has 2 heterocycles. The van der Waals surface area contributed by atoms with Crippen LogP contribution in [0.15, 0.2) is 53.6 Å². The number of carbonyl (C=O) groups excluding carboxylic acids is 3. The Morgan fingerprint density at radius 1 is 1.17 bits per heavy atom. The molecular formula is C22H20N2O4S. The highest BCUT2D eigenvalue weighted by Crippen LogP contribution is 2.34. The standard InChI is InChI=1S/C22H20N2O4S/c1-2-14-6-5-7-15-16(10-23-22(14)15)18(25)12-28-21(27)11-24-17-8-3-4-9-19(17)29-13-20(24)26/h3-10,23H,2,11-13H2,1H3. The van der Waals surface area contributed by atoms with Gasteiger partial charge in [-0.2, -0.15) is 0 Å². The lowest BCUT2D eigenvalue weighted by Crippen LogP contribution is -2.40. The Kier molecular flexibility index (Phi) is 5.40. The number of fused-ring (bicyclic) bond motifs is 2. The third-order valence-corrected chi connectivity index (χ3v) is 5.99. The number of aryl methyl sites for hydroxylation is 1. The van der Waals surface area contributed by atoms with Gasteiger partial charge < -0.3 is 9.72 Å². The fourth-order valence-electron chi connectivity index (χ4n) is 3.47. The Labute approximate surface area is 172 Å². The topological polar surface area (TPSA) is 79.5 Å². The highest BCUT2D eigenvalue weighted by Gasteiger charge is 2.27. The van der Waals surface area contributed by atoms with Gasteiger partial charge in [0.15, 0.2) is 6.61 Å². The Hall–Kier alpha value is -3.06. The molecule has 7 heteroatoms. The van der Waals surface area contributed by atoms with E-state index in [-0.39, 0.29) is 30.6 Å². The highest BCUT2D eigenvalue weighted by molar-refractivity contribution is 8.00. The number of anilines is 1. The van der Waals surface area contributed by atoms with Crippen molar-refractivity contribution in [2.75, 3.05) is 23.8 Å². The molecule has 0 radical (unpaired) electrons. The summed E-state index contributed by atoms with van der Waals surface area (Å²) in [7, 11) is 0. The third kappa shape index (κ3) is 3.78. The summed E-state index contributed by atoms with van der Waals surface area (Å²) in [5, 5.41) is 0.822. The summed E-state index contributed by atoms with van der Waals surface area (Å²) in [6, 6.07) is 13.2. The van der Waals surface area contributed by atoms with E-state index >= 15 is 0 Å². The maximum absolute atomic E-state index is 12.6. The second kappa shape index (κ2) is 8.13. The van der Waals surface area contributed by atoms with Crippen LogP contribution in [0.5, 0.6) is 0 Å². The summed E-state index contributed by atoms with van der Waals surface area (Å²) >= 11 is 1.45. The van der Waals surface area contributed by atoms with Crippen molar-refractivity contribution in [1.29, 1.82) is 0 Å². The fraction of sp³-hybridized carbons (Fsp3) is 0.227. The largest absolute Gasteiger partial charge is 0.456 e. The predicted molar refractivity (Wildman–Crippen MR) is 112 cm³/mol. The number of thioether (sulfide) groups is 1. The number of rotatable bonds is 6. The van der Waals surface area contributed by atoms with Gasteiger partial charge in [-0.05, 0) is 24.1 Å². The monoisotopic (exact) mass is 408 g/mol. The molecule has 0 atom stereocenters. The molecule has 6 nitrogen and oxygen atoms in total. The molecule has 0 unspecified atom stereocenters. The molecule has 0 bridgehead atoms. The number of nitrogens with zero attached hydrogens (tertiary/aromatic N) is 1. The van der Waals surface area contributed by atoms with Gasteiger partial charge in [-0.25, -0.2) is 0 Å². The molecule has 2 aromatic carbocycles. The zero-order chi connectivity index (χ0) is 20.4. The molecule has 3 aromatic rings. The van der Waals surface area contributed by atoms with Crippen molar-refractivity contribution in [3.63, 3.8) is 0 Å². The molecule has 0 aliphatic carbocycles. The zero-order valence-corrected chi connectivity index (χ0v) is 16.8. The van der Waals surface area contributed by atoms with Gasteiger partial charge in [0.05, 0.1) is 11.4 Å². The van der Waals surface area contributed by atoms with Gasteiger partial charge in [0.1, 0.15) is 6.54 Å². The molecule has 4 rings (SSSR count). The van der Waals surface area contributed by atoms with Crippen LogP contribution in [0.4, 0.5) is 5.69 Å². The lowest BCUT2D eigenvalue weighted by Gasteiger charge is -2.27. The highest BCUT2D eigenvalue weighted by atomic mass is 32.2. The number of esters is 1. The van der Waals surface area contributed by atoms with Gasteiger partial charge in [0.25, 0.3) is 0 Å². The number of hydrogen-bond acceptors (Lipinski definition) is 5. The molecular weight excluding hydrogens is 388 g/mol. The van der Waals surface area contributed by atoms with Crippen LogP contribution in [-0.2, 0) is 20.7 Å². The molecule has 1 aliphatic rings. The minimum atomic E-state index is -0.609. The summed E-state index contributed by atoms with van der Waals surface area (Å²) in [6.45, 7) is 1.48. The average Bonchev–Trinajstić information content (AvgIpc) is 3.18. The number of para-hydroxylation sites is 2. The molecule has 1 amide bonds. The van der Waals surface area contributed by atoms with E-state index in [0.717, 1.165) is 27.8 Å². The minimum absolute atomic E-state index is 0.152. The van der Waals surface area contributed by atoms with Crippen molar-refractivity contribution >= 4 is 46.0 Å². The van der Waals surface area contributed by atoms with Gasteiger partial charge in [-0.3, -0.25) is 19.3 Å². The summed E-state index contributed by atoms with van der Waals surface area (Å²) in [4.78, 5) is 42.7. The van der Waals surface area contributed by atoms with Crippen molar-refractivity contribution in [2.24, 2.45) is 0 Å². The van der Waals surface area contributed by atoms with Crippen LogP contribution in [0.2, 0.25) is 0 Å². The number of benzene rings is 2. The van der Waals surface area contributed by atoms with Crippen molar-refractivity contribution in [3.05, 3.63) is 59.8 Å². The van der Waals surface area contributed by atoms with Crippen molar-refractivity contribution < 1.29 is 19.1 Å². The summed E-state index contributed by atoms with van der Waals surface area (Å²) in [6.07, 6.45) is 2.51. The molecule has 0 saturated heterocycles. The van der Waals surface area contributed by atoms with E-state index in [0.29, 0.717) is 11.3 Å². The van der Waals surface area contributed by atoms with Crippen LogP contribution in [0.1, 0.15) is 22.8 Å². The smallest absolute Gasteiger partial charge is 0.326 e. The molecule has 1 aliphatic heterocycles. The second-order valence-corrected chi connectivity index (χ2v) is 7.73. The number of ether oxygens (including phenoxy) is 1. The number of hydrogen-bond donors (Lipinski definition) is 1. The number of Topliss-reactive ketones (excluding diaryl/α,β-unsaturated/α-hetero) is 1. The first-order valence-corrected chi connectivity index (χ1v) is 10.4. The van der Waals surface area contributed by atoms with Crippen LogP contribution in [0.3, 0.4) is 0 Å². The van der Waals surface area contributed by atoms with Crippen LogP contribution in [-0.4, -0.2) is 41.5 Å². The molecule has 1 aromatic heterocycles. The molecule has 148 valence electrons. The van der Waals surface area contributed by atoms with Gasteiger partial charge in [0, 0.05) is 27.6 Å². The lowest BCUT2D eigenvalue weighted by atomic mass is 10.1. The fourth-order valence-corrected chi connectivity index (χ4v) is 4.40. The molecule has 29 heavy (non-hydrogen) atoms. The summed E-state index contributed by atoms with van der Waals surface area (Å²) < 4.78 is 5.20. The molecule has 0 spiro atoms. The van der Waals surface area contributed by atoms with Crippen molar-refractivity contribution in [1.82, 2.24) is 4.98 Å². The second-order valence-electron chi connectivity index (χ2n) is 6.72. The minimum Gasteiger partial charge on any atom is -0.456 e. The Bertz CT molecular complexity index is 1110. The third-order valence-electron chi connectivity index (χ3n) is 4.94. The zero-order valence-electron chi connectivity index (χ0n) is 15.9. The Morgan fingerprint density at radius 2 is 2.00 bits per heavy atom. The van der Waals surface area contributed by atoms with E-state index in [2.05, 4.69) is 11.9 Å². The first kappa shape index (κ1) is 19.3.